The molecule has 0 saturated carbocycles. The minimum atomic E-state index is -0.346. The molecule has 0 aromatic heterocycles. The normalized spacial score (nSPS) is 14.1. The van der Waals surface area contributed by atoms with Crippen molar-refractivity contribution in [2.24, 2.45) is 5.92 Å². The average Bonchev–Trinajstić information content (AvgIpc) is 2.91. The Hall–Kier alpha value is -3.28. The lowest BCUT2D eigenvalue weighted by atomic mass is 10.0. The first-order valence-electron chi connectivity index (χ1n) is 9.62. The van der Waals surface area contributed by atoms with E-state index in [1.165, 1.54) is 7.05 Å². The average molecular weight is 393 g/mol. The lowest BCUT2D eigenvalue weighted by molar-refractivity contribution is -0.135. The van der Waals surface area contributed by atoms with Crippen molar-refractivity contribution in [2.75, 3.05) is 38.0 Å². The predicted octanol–water partition coefficient (Wildman–Crippen LogP) is 3.61. The first-order valence-corrected chi connectivity index (χ1v) is 9.62. The zero-order valence-electron chi connectivity index (χ0n) is 17.5. The number of ether oxygens (including phenoxy) is 1. The van der Waals surface area contributed by atoms with E-state index in [-0.39, 0.29) is 17.5 Å². The zero-order valence-corrected chi connectivity index (χ0v) is 17.5. The molecule has 0 spiro atoms. The monoisotopic (exact) mass is 393 g/mol. The van der Waals surface area contributed by atoms with E-state index in [1.54, 1.807) is 0 Å². The highest BCUT2D eigenvalue weighted by Crippen LogP contribution is 2.31. The third-order valence-electron chi connectivity index (χ3n) is 4.67. The fourth-order valence-corrected chi connectivity index (χ4v) is 2.99. The van der Waals surface area contributed by atoms with Crippen molar-refractivity contribution in [1.82, 2.24) is 4.90 Å². The molecule has 0 fully saturated rings. The van der Waals surface area contributed by atoms with Crippen LogP contribution in [0.5, 0.6) is 5.75 Å². The molecule has 1 N–H and O–H groups in total. The van der Waals surface area contributed by atoms with Crippen LogP contribution in [0.4, 0.5) is 11.4 Å². The summed E-state index contributed by atoms with van der Waals surface area (Å²) in [4.78, 5) is 28.5. The number of rotatable bonds is 7. The molecule has 0 bridgehead atoms. The second-order valence-electron chi connectivity index (χ2n) is 7.71. The van der Waals surface area contributed by atoms with Gasteiger partial charge in [-0.2, -0.15) is 0 Å². The molecular formula is C23H27N3O3. The van der Waals surface area contributed by atoms with Gasteiger partial charge in [0, 0.05) is 32.5 Å². The molecule has 6 heteroatoms. The third kappa shape index (κ3) is 4.42. The van der Waals surface area contributed by atoms with E-state index in [1.807, 2.05) is 67.5 Å². The summed E-state index contributed by atoms with van der Waals surface area (Å²) in [6, 6.07) is 15.0. The van der Waals surface area contributed by atoms with E-state index in [2.05, 4.69) is 19.2 Å². The van der Waals surface area contributed by atoms with Gasteiger partial charge in [0.15, 0.2) is 0 Å². The first kappa shape index (κ1) is 20.5. The summed E-state index contributed by atoms with van der Waals surface area (Å²) in [5.41, 5.74) is 3.12. The van der Waals surface area contributed by atoms with E-state index in [0.717, 1.165) is 22.0 Å². The maximum absolute atomic E-state index is 12.7. The molecular weight excluding hydrogens is 366 g/mol. The van der Waals surface area contributed by atoms with Crippen LogP contribution in [0, 0.1) is 5.92 Å². The third-order valence-corrected chi connectivity index (χ3v) is 4.67. The number of hydrogen-bond acceptors (Lipinski definition) is 5. The molecule has 0 saturated heterocycles. The Bertz CT molecular complexity index is 929. The number of anilines is 2. The van der Waals surface area contributed by atoms with E-state index in [0.29, 0.717) is 23.7 Å². The number of amides is 2. The topological polar surface area (TPSA) is 61.9 Å². The summed E-state index contributed by atoms with van der Waals surface area (Å²) in [5.74, 6) is 0.497. The Labute approximate surface area is 171 Å². The van der Waals surface area contributed by atoms with Gasteiger partial charge in [0.25, 0.3) is 11.8 Å². The smallest absolute Gasteiger partial charge is 0.277 e. The summed E-state index contributed by atoms with van der Waals surface area (Å²) in [7, 11) is 5.42. The van der Waals surface area contributed by atoms with Gasteiger partial charge >= 0.3 is 0 Å². The molecule has 0 unspecified atom stereocenters. The minimum absolute atomic E-state index is 0.283. The van der Waals surface area contributed by atoms with Crippen LogP contribution in [0.3, 0.4) is 0 Å². The lowest BCUT2D eigenvalue weighted by Crippen LogP contribution is -2.27. The lowest BCUT2D eigenvalue weighted by Gasteiger charge is -2.14. The van der Waals surface area contributed by atoms with E-state index < -0.39 is 0 Å². The van der Waals surface area contributed by atoms with Crippen LogP contribution in [0.2, 0.25) is 0 Å². The largest absolute Gasteiger partial charge is 0.493 e. The SMILES string of the molecule is CC(C)COc1ccc(C2=C(Nc3ccc(N(C)C)cc3)C(=O)N(C)C2=O)cc1. The molecule has 1 aliphatic rings. The Morgan fingerprint density at radius 3 is 2.14 bits per heavy atom. The second-order valence-corrected chi connectivity index (χ2v) is 7.71. The highest BCUT2D eigenvalue weighted by atomic mass is 16.5. The highest BCUT2D eigenvalue weighted by Gasteiger charge is 2.36. The molecule has 6 nitrogen and oxygen atoms in total. The van der Waals surface area contributed by atoms with Gasteiger partial charge in [-0.1, -0.05) is 26.0 Å². The quantitative estimate of drug-likeness (QED) is 0.728. The molecule has 0 radical (unpaired) electrons. The highest BCUT2D eigenvalue weighted by molar-refractivity contribution is 6.36. The molecule has 29 heavy (non-hydrogen) atoms. The van der Waals surface area contributed by atoms with Crippen molar-refractivity contribution >= 4 is 28.8 Å². The molecule has 2 aromatic carbocycles. The number of carbonyl (C=O) groups is 2. The summed E-state index contributed by atoms with van der Waals surface area (Å²) in [6.07, 6.45) is 0. The Balaban J connectivity index is 1.90. The Kier molecular flexibility index (Phi) is 5.92. The van der Waals surface area contributed by atoms with Crippen molar-refractivity contribution in [3.8, 4) is 5.75 Å². The second kappa shape index (κ2) is 8.39. The number of benzene rings is 2. The molecule has 1 aliphatic heterocycles. The summed E-state index contributed by atoms with van der Waals surface area (Å²) >= 11 is 0. The van der Waals surface area contributed by atoms with Crippen LogP contribution in [-0.4, -0.2) is 44.5 Å². The molecule has 3 rings (SSSR count). The van der Waals surface area contributed by atoms with Crippen molar-refractivity contribution in [2.45, 2.75) is 13.8 Å². The maximum Gasteiger partial charge on any atom is 0.277 e. The van der Waals surface area contributed by atoms with Crippen LogP contribution < -0.4 is 15.0 Å². The fourth-order valence-electron chi connectivity index (χ4n) is 2.99. The van der Waals surface area contributed by atoms with Gasteiger partial charge in [-0.3, -0.25) is 14.5 Å². The zero-order chi connectivity index (χ0) is 21.1. The Morgan fingerprint density at radius 1 is 0.966 bits per heavy atom. The van der Waals surface area contributed by atoms with Gasteiger partial charge in [0.05, 0.1) is 12.2 Å². The molecule has 2 amide bonds. The number of carbonyl (C=O) groups excluding carboxylic acids is 2. The molecule has 152 valence electrons. The minimum Gasteiger partial charge on any atom is -0.493 e. The van der Waals surface area contributed by atoms with Gasteiger partial charge in [-0.25, -0.2) is 0 Å². The van der Waals surface area contributed by atoms with Gasteiger partial charge in [0.2, 0.25) is 0 Å². The summed E-state index contributed by atoms with van der Waals surface area (Å²) in [6.45, 7) is 4.79. The number of nitrogens with one attached hydrogen (secondary N) is 1. The predicted molar refractivity (Wildman–Crippen MR) is 116 cm³/mol. The molecule has 2 aromatic rings. The number of nitrogens with zero attached hydrogens (tertiary/aromatic N) is 2. The van der Waals surface area contributed by atoms with Gasteiger partial charge in [-0.15, -0.1) is 0 Å². The van der Waals surface area contributed by atoms with Crippen molar-refractivity contribution < 1.29 is 14.3 Å². The standard InChI is InChI=1S/C23H27N3O3/c1-15(2)14-29-19-12-6-16(7-13-19)20-21(23(28)26(5)22(20)27)24-17-8-10-18(11-9-17)25(3)4/h6-13,15,24H,14H2,1-5H3. The number of imide groups is 1. The fraction of sp³-hybridized carbons (Fsp3) is 0.304. The summed E-state index contributed by atoms with van der Waals surface area (Å²) < 4.78 is 5.71. The number of likely N-dealkylation sites (N-methyl/N-ethyl adjacent to an activating group) is 1. The molecule has 0 aliphatic carbocycles. The first-order chi connectivity index (χ1) is 13.8. The molecule has 0 atom stereocenters. The van der Waals surface area contributed by atoms with Gasteiger partial charge < -0.3 is 15.0 Å². The van der Waals surface area contributed by atoms with Crippen molar-refractivity contribution in [3.63, 3.8) is 0 Å². The maximum atomic E-state index is 12.7. The van der Waals surface area contributed by atoms with E-state index >= 15 is 0 Å². The van der Waals surface area contributed by atoms with Gasteiger partial charge in [0.1, 0.15) is 11.4 Å². The van der Waals surface area contributed by atoms with Crippen LogP contribution in [0.1, 0.15) is 19.4 Å². The summed E-state index contributed by atoms with van der Waals surface area (Å²) in [5, 5.41) is 3.14. The van der Waals surface area contributed by atoms with E-state index in [4.69, 9.17) is 4.74 Å². The molecule has 1 heterocycles. The van der Waals surface area contributed by atoms with Crippen LogP contribution >= 0.6 is 0 Å². The van der Waals surface area contributed by atoms with Crippen LogP contribution in [0.15, 0.2) is 54.2 Å². The van der Waals surface area contributed by atoms with Crippen molar-refractivity contribution in [3.05, 3.63) is 59.8 Å². The number of hydrogen-bond donors (Lipinski definition) is 1. The van der Waals surface area contributed by atoms with Crippen molar-refractivity contribution in [1.29, 1.82) is 0 Å². The van der Waals surface area contributed by atoms with Crippen LogP contribution in [-0.2, 0) is 9.59 Å². The van der Waals surface area contributed by atoms with E-state index in [9.17, 15) is 9.59 Å². The Morgan fingerprint density at radius 2 is 1.59 bits per heavy atom. The van der Waals surface area contributed by atoms with Gasteiger partial charge in [-0.05, 0) is 47.9 Å². The van der Waals surface area contributed by atoms with Crippen LogP contribution in [0.25, 0.3) is 5.57 Å².